The van der Waals surface area contributed by atoms with Gasteiger partial charge in [-0.2, -0.15) is 0 Å². The number of nitrogen functional groups attached to an aromatic ring is 1. The van der Waals surface area contributed by atoms with Crippen molar-refractivity contribution in [1.29, 1.82) is 0 Å². The van der Waals surface area contributed by atoms with Crippen LogP contribution in [0.15, 0.2) is 18.2 Å². The van der Waals surface area contributed by atoms with Gasteiger partial charge < -0.3 is 10.6 Å². The van der Waals surface area contributed by atoms with E-state index in [9.17, 15) is 0 Å². The molecule has 0 saturated carbocycles. The predicted octanol–water partition coefficient (Wildman–Crippen LogP) is 4.48. The number of benzene rings is 1. The van der Waals surface area contributed by atoms with Crippen LogP contribution in [0.5, 0.6) is 0 Å². The zero-order valence-corrected chi connectivity index (χ0v) is 13.2. The van der Waals surface area contributed by atoms with Crippen LogP contribution < -0.4 is 10.6 Å². The fourth-order valence-electron chi connectivity index (χ4n) is 2.14. The van der Waals surface area contributed by atoms with Crippen LogP contribution in [0.1, 0.15) is 46.1 Å². The van der Waals surface area contributed by atoms with E-state index in [0.717, 1.165) is 30.6 Å². The van der Waals surface area contributed by atoms with Crippen molar-refractivity contribution in [3.8, 4) is 0 Å². The fourth-order valence-corrected chi connectivity index (χ4v) is 2.14. The van der Waals surface area contributed by atoms with Gasteiger partial charge in [0.2, 0.25) is 0 Å². The number of aryl methyl sites for hydroxylation is 1. The van der Waals surface area contributed by atoms with Gasteiger partial charge in [-0.15, -0.1) is 0 Å². The van der Waals surface area contributed by atoms with Gasteiger partial charge in [-0.25, -0.2) is 0 Å². The molecular weight excluding hydrogens is 232 g/mol. The highest BCUT2D eigenvalue weighted by molar-refractivity contribution is 5.68. The lowest BCUT2D eigenvalue weighted by Crippen LogP contribution is -2.28. The van der Waals surface area contributed by atoms with E-state index < -0.39 is 0 Å². The molecule has 0 amide bonds. The molecule has 0 saturated heterocycles. The highest BCUT2D eigenvalue weighted by Gasteiger charge is 2.11. The monoisotopic (exact) mass is 262 g/mol. The molecule has 0 heterocycles. The summed E-state index contributed by atoms with van der Waals surface area (Å²) >= 11 is 0. The molecule has 1 aromatic rings. The van der Waals surface area contributed by atoms with Crippen molar-refractivity contribution in [1.82, 2.24) is 0 Å². The molecule has 2 nitrogen and oxygen atoms in total. The standard InChI is InChI=1S/C17H30N2/c1-13(2)8-10-19(11-9-14(3)4)17-7-6-15(5)12-16(17)18/h6-7,12-14H,8-11,18H2,1-5H3. The maximum atomic E-state index is 6.19. The summed E-state index contributed by atoms with van der Waals surface area (Å²) in [7, 11) is 0. The van der Waals surface area contributed by atoms with Gasteiger partial charge in [0.1, 0.15) is 0 Å². The lowest BCUT2D eigenvalue weighted by atomic mass is 10.1. The average Bonchev–Trinajstić information content (AvgIpc) is 2.30. The van der Waals surface area contributed by atoms with Gasteiger partial charge in [0.05, 0.1) is 11.4 Å². The first-order valence-electron chi connectivity index (χ1n) is 7.51. The smallest absolute Gasteiger partial charge is 0.0600 e. The number of rotatable bonds is 7. The lowest BCUT2D eigenvalue weighted by Gasteiger charge is -2.28. The molecule has 0 aliphatic heterocycles. The Hall–Kier alpha value is -1.18. The molecule has 0 unspecified atom stereocenters. The third-order valence-electron chi connectivity index (χ3n) is 3.48. The maximum absolute atomic E-state index is 6.19. The second-order valence-corrected chi connectivity index (χ2v) is 6.41. The third kappa shape index (κ3) is 5.54. The Morgan fingerprint density at radius 3 is 1.95 bits per heavy atom. The second-order valence-electron chi connectivity index (χ2n) is 6.41. The quantitative estimate of drug-likeness (QED) is 0.734. The Kier molecular flexibility index (Phi) is 6.20. The number of hydrogen-bond donors (Lipinski definition) is 1. The van der Waals surface area contributed by atoms with Gasteiger partial charge in [0.15, 0.2) is 0 Å². The van der Waals surface area contributed by atoms with Crippen molar-refractivity contribution in [2.24, 2.45) is 11.8 Å². The van der Waals surface area contributed by atoms with Gasteiger partial charge >= 0.3 is 0 Å². The Labute approximate surface area is 119 Å². The molecule has 0 aliphatic carbocycles. The van der Waals surface area contributed by atoms with Crippen LogP contribution >= 0.6 is 0 Å². The highest BCUT2D eigenvalue weighted by atomic mass is 15.1. The van der Waals surface area contributed by atoms with Crippen molar-refractivity contribution in [2.75, 3.05) is 23.7 Å². The molecule has 1 aromatic carbocycles. The topological polar surface area (TPSA) is 29.3 Å². The molecule has 108 valence electrons. The third-order valence-corrected chi connectivity index (χ3v) is 3.48. The maximum Gasteiger partial charge on any atom is 0.0600 e. The molecule has 0 radical (unpaired) electrons. The molecule has 0 aromatic heterocycles. The average molecular weight is 262 g/mol. The fraction of sp³-hybridized carbons (Fsp3) is 0.647. The number of nitrogens with zero attached hydrogens (tertiary/aromatic N) is 1. The molecular formula is C17H30N2. The Morgan fingerprint density at radius 1 is 1.00 bits per heavy atom. The SMILES string of the molecule is Cc1ccc(N(CCC(C)C)CCC(C)C)c(N)c1. The number of anilines is 2. The van der Waals surface area contributed by atoms with E-state index in [1.165, 1.54) is 24.1 Å². The zero-order chi connectivity index (χ0) is 14.4. The minimum absolute atomic E-state index is 0.730. The van der Waals surface area contributed by atoms with E-state index >= 15 is 0 Å². The van der Waals surface area contributed by atoms with E-state index in [0.29, 0.717) is 0 Å². The van der Waals surface area contributed by atoms with Crippen molar-refractivity contribution in [3.05, 3.63) is 23.8 Å². The van der Waals surface area contributed by atoms with Crippen molar-refractivity contribution in [3.63, 3.8) is 0 Å². The summed E-state index contributed by atoms with van der Waals surface area (Å²) in [5.74, 6) is 1.46. The highest BCUT2D eigenvalue weighted by Crippen LogP contribution is 2.25. The largest absolute Gasteiger partial charge is 0.397 e. The van der Waals surface area contributed by atoms with Gasteiger partial charge in [-0.3, -0.25) is 0 Å². The minimum atomic E-state index is 0.730. The van der Waals surface area contributed by atoms with Crippen LogP contribution in [0.2, 0.25) is 0 Å². The Morgan fingerprint density at radius 2 is 1.53 bits per heavy atom. The number of nitrogens with two attached hydrogens (primary N) is 1. The zero-order valence-electron chi connectivity index (χ0n) is 13.2. The lowest BCUT2D eigenvalue weighted by molar-refractivity contribution is 0.535. The summed E-state index contributed by atoms with van der Waals surface area (Å²) in [4.78, 5) is 2.45. The van der Waals surface area contributed by atoms with E-state index in [2.05, 4.69) is 57.7 Å². The molecule has 0 aliphatic rings. The molecule has 2 heteroatoms. The summed E-state index contributed by atoms with van der Waals surface area (Å²) in [6, 6.07) is 6.40. The first kappa shape index (κ1) is 15.9. The molecule has 0 fully saturated rings. The summed E-state index contributed by atoms with van der Waals surface area (Å²) in [6.07, 6.45) is 2.43. The predicted molar refractivity (Wildman–Crippen MR) is 86.7 cm³/mol. The summed E-state index contributed by atoms with van der Waals surface area (Å²) in [5, 5.41) is 0. The molecule has 19 heavy (non-hydrogen) atoms. The Balaban J connectivity index is 2.81. The second kappa shape index (κ2) is 7.42. The van der Waals surface area contributed by atoms with Crippen molar-refractivity contribution >= 4 is 11.4 Å². The van der Waals surface area contributed by atoms with Crippen LogP contribution in [0.4, 0.5) is 11.4 Å². The molecule has 2 N–H and O–H groups in total. The van der Waals surface area contributed by atoms with Gasteiger partial charge in [-0.1, -0.05) is 33.8 Å². The number of hydrogen-bond acceptors (Lipinski definition) is 2. The normalized spacial score (nSPS) is 11.3. The molecule has 1 rings (SSSR count). The Bertz CT molecular complexity index is 371. The van der Waals surface area contributed by atoms with Crippen LogP contribution in [0.3, 0.4) is 0 Å². The summed E-state index contributed by atoms with van der Waals surface area (Å²) in [6.45, 7) is 13.4. The first-order valence-corrected chi connectivity index (χ1v) is 7.51. The summed E-state index contributed by atoms with van der Waals surface area (Å²) in [5.41, 5.74) is 9.53. The van der Waals surface area contributed by atoms with Crippen LogP contribution in [0.25, 0.3) is 0 Å². The van der Waals surface area contributed by atoms with Gasteiger partial charge in [0.25, 0.3) is 0 Å². The van der Waals surface area contributed by atoms with Crippen molar-refractivity contribution in [2.45, 2.75) is 47.5 Å². The van der Waals surface area contributed by atoms with Crippen LogP contribution in [0, 0.1) is 18.8 Å². The first-order chi connectivity index (χ1) is 8.90. The van der Waals surface area contributed by atoms with E-state index in [-0.39, 0.29) is 0 Å². The summed E-state index contributed by atoms with van der Waals surface area (Å²) < 4.78 is 0. The van der Waals surface area contributed by atoms with Gasteiger partial charge in [0, 0.05) is 13.1 Å². The van der Waals surface area contributed by atoms with Crippen LogP contribution in [-0.2, 0) is 0 Å². The molecule has 0 atom stereocenters. The van der Waals surface area contributed by atoms with E-state index in [4.69, 9.17) is 5.73 Å². The molecule has 0 bridgehead atoms. The molecule has 0 spiro atoms. The van der Waals surface area contributed by atoms with Crippen LogP contribution in [-0.4, -0.2) is 13.1 Å². The van der Waals surface area contributed by atoms with Crippen molar-refractivity contribution < 1.29 is 0 Å². The van der Waals surface area contributed by atoms with Gasteiger partial charge in [-0.05, 0) is 49.3 Å². The minimum Gasteiger partial charge on any atom is -0.397 e. The van der Waals surface area contributed by atoms with E-state index in [1.807, 2.05) is 0 Å². The van der Waals surface area contributed by atoms with E-state index in [1.54, 1.807) is 0 Å².